The van der Waals surface area contributed by atoms with Crippen molar-refractivity contribution < 1.29 is 14.6 Å². The molecule has 0 aliphatic carbocycles. The molecule has 0 aliphatic heterocycles. The largest absolute Gasteiger partial charge is 0.508 e. The van der Waals surface area contributed by atoms with Gasteiger partial charge in [-0.1, -0.05) is 23.5 Å². The summed E-state index contributed by atoms with van der Waals surface area (Å²) in [7, 11) is 0. The van der Waals surface area contributed by atoms with E-state index in [1.54, 1.807) is 37.5 Å². The Bertz CT molecular complexity index is 640. The number of hydrogen-bond donors (Lipinski definition) is 2. The standard InChI is InChI=1S/C14H15N3O3S/c1-2-20-13(19)7-12-9-15-14(21-12)17-16-8-10-4-3-5-11(18)6-10/h3-6,8-9,18H,2,7H2,1H3,(H,15,17)/b16-8+. The number of hydrogen-bond acceptors (Lipinski definition) is 7. The van der Waals surface area contributed by atoms with Gasteiger partial charge in [0.2, 0.25) is 5.13 Å². The minimum atomic E-state index is -0.268. The fourth-order valence-corrected chi connectivity index (χ4v) is 2.31. The number of thiazole rings is 1. The topological polar surface area (TPSA) is 83.8 Å². The number of nitrogens with one attached hydrogen (secondary N) is 1. The van der Waals surface area contributed by atoms with E-state index in [2.05, 4.69) is 15.5 Å². The normalized spacial score (nSPS) is 10.7. The first-order valence-corrected chi connectivity index (χ1v) is 7.17. The lowest BCUT2D eigenvalue weighted by molar-refractivity contribution is -0.142. The minimum Gasteiger partial charge on any atom is -0.508 e. The Hall–Kier alpha value is -2.41. The van der Waals surface area contributed by atoms with Gasteiger partial charge in [0, 0.05) is 11.1 Å². The van der Waals surface area contributed by atoms with E-state index < -0.39 is 0 Å². The van der Waals surface area contributed by atoms with E-state index in [1.807, 2.05) is 6.07 Å². The number of ether oxygens (including phenoxy) is 1. The highest BCUT2D eigenvalue weighted by atomic mass is 32.1. The first-order valence-electron chi connectivity index (χ1n) is 6.36. The van der Waals surface area contributed by atoms with E-state index in [0.29, 0.717) is 11.7 Å². The van der Waals surface area contributed by atoms with Crippen LogP contribution in [-0.4, -0.2) is 28.9 Å². The molecular weight excluding hydrogens is 290 g/mol. The summed E-state index contributed by atoms with van der Waals surface area (Å²) in [4.78, 5) is 16.3. The van der Waals surface area contributed by atoms with E-state index in [4.69, 9.17) is 4.74 Å². The second kappa shape index (κ2) is 7.39. The van der Waals surface area contributed by atoms with Gasteiger partial charge < -0.3 is 9.84 Å². The van der Waals surface area contributed by atoms with Crippen molar-refractivity contribution in [1.29, 1.82) is 0 Å². The highest BCUT2D eigenvalue weighted by Crippen LogP contribution is 2.19. The Morgan fingerprint density at radius 3 is 3.19 bits per heavy atom. The Morgan fingerprint density at radius 1 is 1.57 bits per heavy atom. The molecule has 0 bridgehead atoms. The molecule has 0 aliphatic rings. The predicted molar refractivity (Wildman–Crippen MR) is 81.8 cm³/mol. The smallest absolute Gasteiger partial charge is 0.311 e. The van der Waals surface area contributed by atoms with E-state index in [-0.39, 0.29) is 18.1 Å². The molecule has 0 spiro atoms. The number of anilines is 1. The van der Waals surface area contributed by atoms with Crippen LogP contribution in [-0.2, 0) is 16.0 Å². The van der Waals surface area contributed by atoms with Gasteiger partial charge in [0.05, 0.1) is 19.2 Å². The van der Waals surface area contributed by atoms with Gasteiger partial charge in [-0.05, 0) is 24.6 Å². The second-order valence-corrected chi connectivity index (χ2v) is 5.19. The van der Waals surface area contributed by atoms with Crippen molar-refractivity contribution in [2.24, 2.45) is 5.10 Å². The van der Waals surface area contributed by atoms with Gasteiger partial charge in [-0.2, -0.15) is 5.10 Å². The Morgan fingerprint density at radius 2 is 2.43 bits per heavy atom. The summed E-state index contributed by atoms with van der Waals surface area (Å²) < 4.78 is 4.87. The molecule has 1 heterocycles. The lowest BCUT2D eigenvalue weighted by Gasteiger charge is -1.97. The van der Waals surface area contributed by atoms with Crippen LogP contribution in [0.1, 0.15) is 17.4 Å². The molecule has 0 saturated carbocycles. The number of esters is 1. The fraction of sp³-hybridized carbons (Fsp3) is 0.214. The number of carbonyl (C=O) groups excluding carboxylic acids is 1. The van der Waals surface area contributed by atoms with Gasteiger partial charge in [-0.15, -0.1) is 0 Å². The molecule has 2 N–H and O–H groups in total. The molecule has 0 atom stereocenters. The third-order valence-corrected chi connectivity index (χ3v) is 3.32. The van der Waals surface area contributed by atoms with Crippen molar-refractivity contribution in [2.45, 2.75) is 13.3 Å². The first-order chi connectivity index (χ1) is 10.2. The molecule has 110 valence electrons. The van der Waals surface area contributed by atoms with E-state index in [1.165, 1.54) is 11.3 Å². The molecular formula is C14H15N3O3S. The number of nitrogens with zero attached hydrogens (tertiary/aromatic N) is 2. The lowest BCUT2D eigenvalue weighted by Crippen LogP contribution is -2.06. The summed E-state index contributed by atoms with van der Waals surface area (Å²) in [6, 6.07) is 6.74. The molecule has 0 radical (unpaired) electrons. The van der Waals surface area contributed by atoms with Gasteiger partial charge in [-0.3, -0.25) is 10.2 Å². The van der Waals surface area contributed by atoms with Gasteiger partial charge >= 0.3 is 5.97 Å². The summed E-state index contributed by atoms with van der Waals surface area (Å²) in [6.45, 7) is 2.14. The average molecular weight is 305 g/mol. The van der Waals surface area contributed by atoms with Gasteiger partial charge in [0.1, 0.15) is 5.75 Å². The number of rotatable bonds is 6. The third kappa shape index (κ3) is 4.88. The van der Waals surface area contributed by atoms with Crippen LogP contribution in [0.3, 0.4) is 0 Å². The van der Waals surface area contributed by atoms with Crippen LogP contribution in [0, 0.1) is 0 Å². The van der Waals surface area contributed by atoms with Crippen molar-refractivity contribution >= 4 is 28.7 Å². The Labute approximate surface area is 126 Å². The van der Waals surface area contributed by atoms with Crippen LogP contribution in [0.15, 0.2) is 35.6 Å². The van der Waals surface area contributed by atoms with Crippen molar-refractivity contribution in [3.05, 3.63) is 40.9 Å². The van der Waals surface area contributed by atoms with Crippen molar-refractivity contribution in [1.82, 2.24) is 4.98 Å². The zero-order valence-corrected chi connectivity index (χ0v) is 12.3. The van der Waals surface area contributed by atoms with Crippen LogP contribution in [0.4, 0.5) is 5.13 Å². The number of phenolic OH excluding ortho intramolecular Hbond substituents is 1. The monoisotopic (exact) mass is 305 g/mol. The van der Waals surface area contributed by atoms with Gasteiger partial charge in [0.25, 0.3) is 0 Å². The molecule has 1 aromatic heterocycles. The Balaban J connectivity index is 1.89. The lowest BCUT2D eigenvalue weighted by atomic mass is 10.2. The number of hydrazone groups is 1. The number of aromatic hydroxyl groups is 1. The molecule has 0 amide bonds. The highest BCUT2D eigenvalue weighted by molar-refractivity contribution is 7.15. The fourth-order valence-electron chi connectivity index (χ4n) is 1.56. The van der Waals surface area contributed by atoms with Gasteiger partial charge in [-0.25, -0.2) is 4.98 Å². The maximum Gasteiger partial charge on any atom is 0.311 e. The predicted octanol–water partition coefficient (Wildman–Crippen LogP) is 2.40. The molecule has 6 nitrogen and oxygen atoms in total. The first kappa shape index (κ1) is 15.0. The number of carbonyl (C=O) groups is 1. The summed E-state index contributed by atoms with van der Waals surface area (Å²) in [5, 5.41) is 13.9. The van der Waals surface area contributed by atoms with Crippen molar-refractivity contribution in [3.63, 3.8) is 0 Å². The quantitative estimate of drug-likeness (QED) is 0.486. The summed E-state index contributed by atoms with van der Waals surface area (Å²) in [5.74, 6) is -0.0825. The summed E-state index contributed by atoms with van der Waals surface area (Å²) in [6.07, 6.45) is 3.41. The van der Waals surface area contributed by atoms with E-state index in [9.17, 15) is 9.90 Å². The third-order valence-electron chi connectivity index (χ3n) is 2.42. The maximum absolute atomic E-state index is 11.3. The average Bonchev–Trinajstić information content (AvgIpc) is 2.86. The zero-order chi connectivity index (χ0) is 15.1. The minimum absolute atomic E-state index is 0.185. The number of phenols is 1. The molecule has 0 fully saturated rings. The van der Waals surface area contributed by atoms with E-state index in [0.717, 1.165) is 10.4 Å². The Kier molecular flexibility index (Phi) is 5.28. The molecule has 0 saturated heterocycles. The van der Waals surface area contributed by atoms with Gasteiger partial charge in [0.15, 0.2) is 0 Å². The second-order valence-electron chi connectivity index (χ2n) is 4.08. The number of benzene rings is 1. The maximum atomic E-state index is 11.3. The summed E-state index contributed by atoms with van der Waals surface area (Å²) in [5.41, 5.74) is 3.55. The number of aromatic nitrogens is 1. The van der Waals surface area contributed by atoms with Crippen LogP contribution in [0.5, 0.6) is 5.75 Å². The molecule has 0 unspecified atom stereocenters. The molecule has 7 heteroatoms. The van der Waals surface area contributed by atoms with Crippen LogP contribution in [0.2, 0.25) is 0 Å². The summed E-state index contributed by atoms with van der Waals surface area (Å²) >= 11 is 1.34. The van der Waals surface area contributed by atoms with E-state index >= 15 is 0 Å². The molecule has 1 aromatic carbocycles. The highest BCUT2D eigenvalue weighted by Gasteiger charge is 2.07. The molecule has 21 heavy (non-hydrogen) atoms. The molecule has 2 rings (SSSR count). The van der Waals surface area contributed by atoms with Crippen molar-refractivity contribution in [3.8, 4) is 5.75 Å². The van der Waals surface area contributed by atoms with Crippen LogP contribution < -0.4 is 5.43 Å². The SMILES string of the molecule is CCOC(=O)Cc1cnc(N/N=C/c2cccc(O)c2)s1. The molecule has 2 aromatic rings. The van der Waals surface area contributed by atoms with Crippen molar-refractivity contribution in [2.75, 3.05) is 12.0 Å². The zero-order valence-electron chi connectivity index (χ0n) is 11.4. The van der Waals surface area contributed by atoms with Crippen LogP contribution >= 0.6 is 11.3 Å². The van der Waals surface area contributed by atoms with Crippen LogP contribution in [0.25, 0.3) is 0 Å².